The number of rotatable bonds is 3. The Kier molecular flexibility index (Phi) is 7.75. The zero-order valence-corrected chi connectivity index (χ0v) is 19.1. The SMILES string of the molecule is Cc1ccc(C2C(C#N)=C(N=C(Cl)N(C)C)SC(N=C(Cl)N(C)C)=C2C#N)cc1. The molecule has 150 valence electrons. The van der Waals surface area contributed by atoms with Crippen molar-refractivity contribution in [3.05, 3.63) is 56.6 Å². The molecule has 29 heavy (non-hydrogen) atoms. The van der Waals surface area contributed by atoms with Gasteiger partial charge < -0.3 is 9.80 Å². The van der Waals surface area contributed by atoms with Gasteiger partial charge in [-0.15, -0.1) is 0 Å². The minimum Gasteiger partial charge on any atom is -0.353 e. The third kappa shape index (κ3) is 5.33. The van der Waals surface area contributed by atoms with Crippen LogP contribution in [0, 0.1) is 29.6 Å². The van der Waals surface area contributed by atoms with Gasteiger partial charge >= 0.3 is 0 Å². The Morgan fingerprint density at radius 3 is 1.66 bits per heavy atom. The lowest BCUT2D eigenvalue weighted by Crippen LogP contribution is -2.19. The zero-order valence-electron chi connectivity index (χ0n) is 16.7. The number of thioether (sulfide) groups is 1. The maximum absolute atomic E-state index is 9.92. The summed E-state index contributed by atoms with van der Waals surface area (Å²) in [6.07, 6.45) is 0. The fraction of sp³-hybridized carbons (Fsp3) is 0.300. The summed E-state index contributed by atoms with van der Waals surface area (Å²) in [6, 6.07) is 12.1. The Balaban J connectivity index is 2.78. The van der Waals surface area contributed by atoms with Gasteiger partial charge in [-0.3, -0.25) is 0 Å². The van der Waals surface area contributed by atoms with E-state index in [2.05, 4.69) is 22.1 Å². The van der Waals surface area contributed by atoms with Crippen molar-refractivity contribution in [3.8, 4) is 12.1 Å². The van der Waals surface area contributed by atoms with Crippen LogP contribution in [-0.2, 0) is 0 Å². The van der Waals surface area contributed by atoms with E-state index in [-0.39, 0.29) is 10.6 Å². The quantitative estimate of drug-likeness (QED) is 0.384. The lowest BCUT2D eigenvalue weighted by atomic mass is 9.85. The van der Waals surface area contributed by atoms with Gasteiger partial charge in [-0.05, 0) is 47.5 Å². The van der Waals surface area contributed by atoms with Crippen LogP contribution < -0.4 is 0 Å². The third-order valence-corrected chi connectivity index (χ3v) is 5.86. The van der Waals surface area contributed by atoms with Gasteiger partial charge in [0.25, 0.3) is 0 Å². The van der Waals surface area contributed by atoms with E-state index in [1.54, 1.807) is 38.0 Å². The first-order valence-corrected chi connectivity index (χ1v) is 10.1. The van der Waals surface area contributed by atoms with Crippen molar-refractivity contribution in [1.82, 2.24) is 9.80 Å². The van der Waals surface area contributed by atoms with Gasteiger partial charge in [-0.25, -0.2) is 9.98 Å². The van der Waals surface area contributed by atoms with Crippen LogP contribution in [0.25, 0.3) is 0 Å². The Morgan fingerprint density at radius 2 is 1.31 bits per heavy atom. The molecule has 0 unspecified atom stereocenters. The van der Waals surface area contributed by atoms with Crippen molar-refractivity contribution in [3.63, 3.8) is 0 Å². The van der Waals surface area contributed by atoms with Gasteiger partial charge in [0.05, 0.1) is 29.2 Å². The number of halogens is 2. The zero-order chi connectivity index (χ0) is 21.7. The van der Waals surface area contributed by atoms with E-state index in [1.807, 2.05) is 31.2 Å². The van der Waals surface area contributed by atoms with Crippen molar-refractivity contribution in [2.75, 3.05) is 28.2 Å². The molecule has 0 aliphatic carbocycles. The van der Waals surface area contributed by atoms with Gasteiger partial charge in [0.2, 0.25) is 0 Å². The summed E-state index contributed by atoms with van der Waals surface area (Å²) in [7, 11) is 7.01. The van der Waals surface area contributed by atoms with Crippen molar-refractivity contribution >= 4 is 45.6 Å². The molecule has 0 spiro atoms. The highest BCUT2D eigenvalue weighted by molar-refractivity contribution is 8.06. The summed E-state index contributed by atoms with van der Waals surface area (Å²) in [4.78, 5) is 12.1. The molecule has 1 heterocycles. The smallest absolute Gasteiger partial charge is 0.199 e. The van der Waals surface area contributed by atoms with E-state index >= 15 is 0 Å². The molecular formula is C20H20Cl2N6S. The maximum atomic E-state index is 9.92. The summed E-state index contributed by atoms with van der Waals surface area (Å²) >= 11 is 13.6. The number of hydrogen-bond acceptors (Lipinski definition) is 5. The second-order valence-corrected chi connectivity index (χ2v) is 8.31. The maximum Gasteiger partial charge on any atom is 0.199 e. The lowest BCUT2D eigenvalue weighted by molar-refractivity contribution is 0.634. The van der Waals surface area contributed by atoms with Gasteiger partial charge in [0.1, 0.15) is 10.1 Å². The summed E-state index contributed by atoms with van der Waals surface area (Å²) in [6.45, 7) is 1.97. The number of aryl methyl sites for hydroxylation is 1. The molecular weight excluding hydrogens is 427 g/mol. The predicted octanol–water partition coefficient (Wildman–Crippen LogP) is 4.61. The fourth-order valence-corrected chi connectivity index (χ4v) is 3.71. The topological polar surface area (TPSA) is 78.8 Å². The molecule has 6 nitrogen and oxygen atoms in total. The number of allylic oxidation sites excluding steroid dienone is 2. The molecule has 0 saturated heterocycles. The molecule has 0 N–H and O–H groups in total. The molecule has 1 aromatic carbocycles. The van der Waals surface area contributed by atoms with Crippen molar-refractivity contribution < 1.29 is 0 Å². The number of aliphatic imine (C=N–C) groups is 2. The van der Waals surface area contributed by atoms with E-state index in [4.69, 9.17) is 23.2 Å². The van der Waals surface area contributed by atoms with Crippen LogP contribution in [0.15, 0.2) is 55.5 Å². The van der Waals surface area contributed by atoms with E-state index in [1.165, 1.54) is 0 Å². The third-order valence-electron chi connectivity index (χ3n) is 4.01. The van der Waals surface area contributed by atoms with Crippen LogP contribution in [0.4, 0.5) is 0 Å². The summed E-state index contributed by atoms with van der Waals surface area (Å²) < 4.78 is 0. The number of hydrogen-bond donors (Lipinski definition) is 0. The van der Waals surface area contributed by atoms with Crippen molar-refractivity contribution in [1.29, 1.82) is 10.5 Å². The number of amidine groups is 2. The average molecular weight is 447 g/mol. The first-order valence-electron chi connectivity index (χ1n) is 8.55. The molecule has 1 aliphatic heterocycles. The highest BCUT2D eigenvalue weighted by Crippen LogP contribution is 2.47. The number of nitrogens with zero attached hydrogens (tertiary/aromatic N) is 6. The fourth-order valence-electron chi connectivity index (χ4n) is 2.44. The Labute approximate surface area is 185 Å². The van der Waals surface area contributed by atoms with Gasteiger partial charge in [-0.1, -0.05) is 29.8 Å². The van der Waals surface area contributed by atoms with Crippen LogP contribution in [0.3, 0.4) is 0 Å². The van der Waals surface area contributed by atoms with Gasteiger partial charge in [-0.2, -0.15) is 10.5 Å². The monoisotopic (exact) mass is 446 g/mol. The first-order chi connectivity index (χ1) is 13.7. The molecule has 0 aromatic heterocycles. The molecule has 0 fully saturated rings. The van der Waals surface area contributed by atoms with E-state index < -0.39 is 5.92 Å². The Morgan fingerprint density at radius 1 is 0.897 bits per heavy atom. The van der Waals surface area contributed by atoms with Crippen LogP contribution in [0.1, 0.15) is 17.0 Å². The van der Waals surface area contributed by atoms with Gasteiger partial charge in [0.15, 0.2) is 10.6 Å². The number of nitriles is 2. The minimum atomic E-state index is -0.609. The second kappa shape index (κ2) is 9.84. The Bertz CT molecular complexity index is 933. The van der Waals surface area contributed by atoms with Gasteiger partial charge in [0, 0.05) is 28.2 Å². The lowest BCUT2D eigenvalue weighted by Gasteiger charge is -2.24. The largest absolute Gasteiger partial charge is 0.353 e. The van der Waals surface area contributed by atoms with Crippen LogP contribution in [0.5, 0.6) is 0 Å². The molecule has 0 radical (unpaired) electrons. The van der Waals surface area contributed by atoms with E-state index in [0.717, 1.165) is 22.9 Å². The van der Waals surface area contributed by atoms with Crippen molar-refractivity contribution in [2.45, 2.75) is 12.8 Å². The molecule has 0 amide bonds. The average Bonchev–Trinajstić information content (AvgIpc) is 2.67. The minimum absolute atomic E-state index is 0.213. The highest BCUT2D eigenvalue weighted by Gasteiger charge is 2.33. The highest BCUT2D eigenvalue weighted by atomic mass is 35.5. The normalized spacial score (nSPS) is 17.8. The number of benzene rings is 1. The Hall–Kier alpha value is -2.45. The van der Waals surface area contributed by atoms with Crippen LogP contribution >= 0.6 is 35.0 Å². The van der Waals surface area contributed by atoms with Crippen LogP contribution in [0.2, 0.25) is 0 Å². The molecule has 0 atom stereocenters. The molecule has 1 aliphatic rings. The van der Waals surface area contributed by atoms with E-state index in [0.29, 0.717) is 21.2 Å². The molecule has 0 bridgehead atoms. The molecule has 2 rings (SSSR count). The van der Waals surface area contributed by atoms with E-state index in [9.17, 15) is 10.5 Å². The molecule has 9 heteroatoms. The standard InChI is InChI=1S/C20H20Cl2N6S/c1-12-6-8-13(9-7-12)16-14(10-23)17(25-19(21)27(2)3)29-18(15(16)11-24)26-20(22)28(4)5/h6-9,16H,1-5H3. The first kappa shape index (κ1) is 22.8. The molecule has 0 saturated carbocycles. The van der Waals surface area contributed by atoms with Crippen molar-refractivity contribution in [2.24, 2.45) is 9.98 Å². The second-order valence-electron chi connectivity index (χ2n) is 6.66. The summed E-state index contributed by atoms with van der Waals surface area (Å²) in [5.41, 5.74) is 2.56. The molecule has 1 aromatic rings. The predicted molar refractivity (Wildman–Crippen MR) is 121 cm³/mol. The summed E-state index contributed by atoms with van der Waals surface area (Å²) in [5.74, 6) is -0.609. The van der Waals surface area contributed by atoms with Crippen LogP contribution in [-0.4, -0.2) is 48.6 Å². The summed E-state index contributed by atoms with van der Waals surface area (Å²) in [5, 5.41) is 21.0.